The van der Waals surface area contributed by atoms with Crippen molar-refractivity contribution in [2.45, 2.75) is 45.1 Å². The largest absolute Gasteiger partial charge is 0.480 e. The lowest BCUT2D eigenvalue weighted by molar-refractivity contribution is -0.141. The Morgan fingerprint density at radius 3 is 2.50 bits per heavy atom. The fraction of sp³-hybridized carbons (Fsp3) is 0.857. The first-order valence-corrected chi connectivity index (χ1v) is 7.50. The normalized spacial score (nSPS) is 17.8. The maximum atomic E-state index is 11.8. The molecule has 0 aromatic rings. The summed E-state index contributed by atoms with van der Waals surface area (Å²) in [5.41, 5.74) is 0. The van der Waals surface area contributed by atoms with Gasteiger partial charge >= 0.3 is 12.0 Å². The number of nitrogens with one attached hydrogen (secondary N) is 2. The van der Waals surface area contributed by atoms with Crippen molar-refractivity contribution < 1.29 is 14.7 Å². The molecule has 1 fully saturated rings. The second-order valence-corrected chi connectivity index (χ2v) is 5.51. The molecule has 116 valence electrons. The van der Waals surface area contributed by atoms with Crippen LogP contribution in [-0.2, 0) is 4.79 Å². The van der Waals surface area contributed by atoms with Crippen molar-refractivity contribution in [1.29, 1.82) is 0 Å². The second-order valence-electron chi connectivity index (χ2n) is 5.51. The van der Waals surface area contributed by atoms with E-state index in [9.17, 15) is 14.7 Å². The van der Waals surface area contributed by atoms with E-state index in [0.29, 0.717) is 6.54 Å². The van der Waals surface area contributed by atoms with E-state index in [-0.39, 0.29) is 11.9 Å². The lowest BCUT2D eigenvalue weighted by Crippen LogP contribution is -2.51. The highest BCUT2D eigenvalue weighted by atomic mass is 16.4. The Kier molecular flexibility index (Phi) is 7.36. The first-order valence-electron chi connectivity index (χ1n) is 7.50. The number of carboxylic acids is 1. The fourth-order valence-electron chi connectivity index (χ4n) is 2.56. The van der Waals surface area contributed by atoms with E-state index in [0.717, 1.165) is 38.8 Å². The zero-order valence-corrected chi connectivity index (χ0v) is 12.5. The Bertz CT molecular complexity index is 317. The van der Waals surface area contributed by atoms with E-state index < -0.39 is 12.0 Å². The smallest absolute Gasteiger partial charge is 0.326 e. The Hall–Kier alpha value is -1.30. The van der Waals surface area contributed by atoms with Gasteiger partial charge in [0.25, 0.3) is 0 Å². The molecule has 2 amide bonds. The molecular formula is C14H27N3O3. The number of carbonyl (C=O) groups is 2. The summed E-state index contributed by atoms with van der Waals surface area (Å²) in [5.74, 6) is -0.872. The Balaban J connectivity index is 2.37. The van der Waals surface area contributed by atoms with Crippen LogP contribution in [0.25, 0.3) is 0 Å². The van der Waals surface area contributed by atoms with Gasteiger partial charge in [-0.1, -0.05) is 26.2 Å². The van der Waals surface area contributed by atoms with Crippen LogP contribution in [0.1, 0.15) is 39.0 Å². The molecule has 1 atom stereocenters. The number of hydrogen-bond acceptors (Lipinski definition) is 3. The Labute approximate surface area is 120 Å². The minimum absolute atomic E-state index is 0.0605. The third kappa shape index (κ3) is 5.77. The van der Waals surface area contributed by atoms with Crippen LogP contribution in [0.5, 0.6) is 0 Å². The average molecular weight is 285 g/mol. The van der Waals surface area contributed by atoms with Crippen molar-refractivity contribution in [3.8, 4) is 0 Å². The molecule has 0 saturated heterocycles. The van der Waals surface area contributed by atoms with Gasteiger partial charge in [0.15, 0.2) is 0 Å². The standard InChI is InChI=1S/C14H27N3O3/c1-3-17(2)10-9-15-14(20)16-12(13(18)19)11-7-5-4-6-8-11/h11-12H,3-10H2,1-2H3,(H,18,19)(H2,15,16,20). The van der Waals surface area contributed by atoms with Gasteiger partial charge in [0.05, 0.1) is 0 Å². The minimum atomic E-state index is -0.933. The van der Waals surface area contributed by atoms with Crippen LogP contribution in [0.4, 0.5) is 4.79 Å². The van der Waals surface area contributed by atoms with Gasteiger partial charge in [0.1, 0.15) is 6.04 Å². The van der Waals surface area contributed by atoms with Crippen LogP contribution >= 0.6 is 0 Å². The summed E-state index contributed by atoms with van der Waals surface area (Å²) >= 11 is 0. The summed E-state index contributed by atoms with van der Waals surface area (Å²) in [6.45, 7) is 4.24. The molecule has 3 N–H and O–H groups in total. The molecule has 20 heavy (non-hydrogen) atoms. The summed E-state index contributed by atoms with van der Waals surface area (Å²) in [6, 6.07) is -1.15. The molecule has 1 unspecified atom stereocenters. The molecule has 0 spiro atoms. The maximum absolute atomic E-state index is 11.8. The third-order valence-electron chi connectivity index (χ3n) is 3.99. The summed E-state index contributed by atoms with van der Waals surface area (Å²) in [4.78, 5) is 25.2. The van der Waals surface area contributed by atoms with Crippen LogP contribution in [0, 0.1) is 5.92 Å². The molecule has 1 rings (SSSR count). The lowest BCUT2D eigenvalue weighted by atomic mass is 9.84. The number of urea groups is 1. The SMILES string of the molecule is CCN(C)CCNC(=O)NC(C(=O)O)C1CCCCC1. The molecule has 6 nitrogen and oxygen atoms in total. The van der Waals surface area contributed by atoms with Crippen molar-refractivity contribution in [3.63, 3.8) is 0 Å². The van der Waals surface area contributed by atoms with Gasteiger partial charge < -0.3 is 20.6 Å². The molecule has 0 aromatic carbocycles. The number of hydrogen-bond donors (Lipinski definition) is 3. The summed E-state index contributed by atoms with van der Waals surface area (Å²) < 4.78 is 0. The van der Waals surface area contributed by atoms with Crippen LogP contribution < -0.4 is 10.6 Å². The van der Waals surface area contributed by atoms with Gasteiger partial charge in [0.2, 0.25) is 0 Å². The van der Waals surface area contributed by atoms with E-state index in [1.54, 1.807) is 0 Å². The van der Waals surface area contributed by atoms with Gasteiger partial charge in [-0.15, -0.1) is 0 Å². The van der Waals surface area contributed by atoms with Gasteiger partial charge in [-0.3, -0.25) is 0 Å². The molecule has 0 radical (unpaired) electrons. The predicted octanol–water partition coefficient (Wildman–Crippen LogP) is 1.27. The average Bonchev–Trinajstić information content (AvgIpc) is 2.45. The number of nitrogens with zero attached hydrogens (tertiary/aromatic N) is 1. The highest BCUT2D eigenvalue weighted by molar-refractivity contribution is 5.82. The van der Waals surface area contributed by atoms with E-state index >= 15 is 0 Å². The molecule has 0 bridgehead atoms. The predicted molar refractivity (Wildman–Crippen MR) is 77.7 cm³/mol. The number of amides is 2. The highest BCUT2D eigenvalue weighted by Gasteiger charge is 2.30. The first-order chi connectivity index (χ1) is 9.54. The van der Waals surface area contributed by atoms with Gasteiger partial charge in [-0.2, -0.15) is 0 Å². The van der Waals surface area contributed by atoms with Crippen LogP contribution in [0.2, 0.25) is 0 Å². The van der Waals surface area contributed by atoms with E-state index in [1.165, 1.54) is 6.42 Å². The maximum Gasteiger partial charge on any atom is 0.326 e. The van der Waals surface area contributed by atoms with E-state index in [4.69, 9.17) is 0 Å². The van der Waals surface area contributed by atoms with Crippen molar-refractivity contribution in [3.05, 3.63) is 0 Å². The van der Waals surface area contributed by atoms with Crippen LogP contribution in [-0.4, -0.2) is 54.7 Å². The molecule has 1 aliphatic carbocycles. The Morgan fingerprint density at radius 2 is 1.95 bits per heavy atom. The fourth-order valence-corrected chi connectivity index (χ4v) is 2.56. The number of aliphatic carboxylic acids is 1. The molecule has 1 saturated carbocycles. The van der Waals surface area contributed by atoms with Crippen LogP contribution in [0.15, 0.2) is 0 Å². The molecule has 0 heterocycles. The van der Waals surface area contributed by atoms with Gasteiger partial charge in [0, 0.05) is 13.1 Å². The third-order valence-corrected chi connectivity index (χ3v) is 3.99. The molecule has 1 aliphatic rings. The van der Waals surface area contributed by atoms with Gasteiger partial charge in [-0.25, -0.2) is 9.59 Å². The summed E-state index contributed by atoms with van der Waals surface area (Å²) in [7, 11) is 1.97. The second kappa shape index (κ2) is 8.79. The van der Waals surface area contributed by atoms with Crippen LogP contribution in [0.3, 0.4) is 0 Å². The van der Waals surface area contributed by atoms with Crippen molar-refractivity contribution >= 4 is 12.0 Å². The minimum Gasteiger partial charge on any atom is -0.480 e. The topological polar surface area (TPSA) is 81.7 Å². The molecule has 6 heteroatoms. The Morgan fingerprint density at radius 1 is 1.30 bits per heavy atom. The van der Waals surface area contributed by atoms with Crippen molar-refractivity contribution in [2.75, 3.05) is 26.7 Å². The summed E-state index contributed by atoms with van der Waals surface area (Å²) in [6.07, 6.45) is 5.04. The molecule has 0 aromatic heterocycles. The zero-order valence-electron chi connectivity index (χ0n) is 12.5. The zero-order chi connectivity index (χ0) is 15.0. The van der Waals surface area contributed by atoms with E-state index in [2.05, 4.69) is 15.5 Å². The van der Waals surface area contributed by atoms with Crippen molar-refractivity contribution in [1.82, 2.24) is 15.5 Å². The summed E-state index contributed by atoms with van der Waals surface area (Å²) in [5, 5.41) is 14.6. The lowest BCUT2D eigenvalue weighted by Gasteiger charge is -2.28. The number of carbonyl (C=O) groups excluding carboxylic acids is 1. The quantitative estimate of drug-likeness (QED) is 0.658. The molecule has 0 aliphatic heterocycles. The first kappa shape index (κ1) is 16.8. The number of likely N-dealkylation sites (N-methyl/N-ethyl adjacent to an activating group) is 1. The van der Waals surface area contributed by atoms with E-state index in [1.807, 2.05) is 14.0 Å². The molecular weight excluding hydrogens is 258 g/mol. The monoisotopic (exact) mass is 285 g/mol. The highest BCUT2D eigenvalue weighted by Crippen LogP contribution is 2.26. The number of rotatable bonds is 7. The number of carboxylic acid groups (broad SMARTS) is 1. The van der Waals surface area contributed by atoms with Crippen molar-refractivity contribution in [2.24, 2.45) is 5.92 Å². The van der Waals surface area contributed by atoms with Gasteiger partial charge in [-0.05, 0) is 32.4 Å².